The summed E-state index contributed by atoms with van der Waals surface area (Å²) in [6.07, 6.45) is 5.17. The minimum Gasteiger partial charge on any atom is -0.307 e. The Labute approximate surface area is 84.6 Å². The van der Waals surface area contributed by atoms with E-state index in [1.54, 1.807) is 0 Å². The summed E-state index contributed by atoms with van der Waals surface area (Å²) in [5.74, 6) is 0.533. The summed E-state index contributed by atoms with van der Waals surface area (Å²) in [4.78, 5) is 4.62. The van der Waals surface area contributed by atoms with Crippen molar-refractivity contribution < 1.29 is 0 Å². The predicted octanol–water partition coefficient (Wildman–Crippen LogP) is 3.02. The maximum absolute atomic E-state index is 4.62. The first kappa shape index (κ1) is 9.25. The molecule has 0 unspecified atom stereocenters. The molecule has 0 aromatic carbocycles. The van der Waals surface area contributed by atoms with E-state index in [4.69, 9.17) is 0 Å². The van der Waals surface area contributed by atoms with Gasteiger partial charge in [-0.05, 0) is 24.0 Å². The molecule has 2 heterocycles. The first-order valence-electron chi connectivity index (χ1n) is 5.19. The summed E-state index contributed by atoms with van der Waals surface area (Å²) in [6.45, 7) is 6.54. The van der Waals surface area contributed by atoms with Crippen LogP contribution in [0.4, 0.5) is 0 Å². The summed E-state index contributed by atoms with van der Waals surface area (Å²) in [5.41, 5.74) is 3.60. The van der Waals surface area contributed by atoms with Gasteiger partial charge in [-0.1, -0.05) is 26.8 Å². The van der Waals surface area contributed by atoms with Crippen LogP contribution < -0.4 is 0 Å². The Kier molecular flexibility index (Phi) is 2.28. The van der Waals surface area contributed by atoms with Gasteiger partial charge in [0.2, 0.25) is 0 Å². The first-order valence-corrected chi connectivity index (χ1v) is 5.19. The molecule has 0 fully saturated rings. The molecule has 0 saturated carbocycles. The lowest BCUT2D eigenvalue weighted by Gasteiger charge is -2.05. The number of hydrogen-bond acceptors (Lipinski definition) is 1. The molecule has 0 spiro atoms. The van der Waals surface area contributed by atoms with Gasteiger partial charge in [-0.15, -0.1) is 0 Å². The van der Waals surface area contributed by atoms with Crippen LogP contribution >= 0.6 is 0 Å². The number of nitrogens with zero attached hydrogens (tertiary/aromatic N) is 2. The lowest BCUT2D eigenvalue weighted by Crippen LogP contribution is -1.93. The number of rotatable bonds is 2. The highest BCUT2D eigenvalue weighted by Gasteiger charge is 2.07. The largest absolute Gasteiger partial charge is 0.307 e. The minimum atomic E-state index is 0.533. The van der Waals surface area contributed by atoms with Crippen LogP contribution in [0.15, 0.2) is 24.5 Å². The number of imidazole rings is 1. The molecule has 2 aromatic heterocycles. The second-order valence-corrected chi connectivity index (χ2v) is 3.93. The van der Waals surface area contributed by atoms with E-state index in [0.29, 0.717) is 5.92 Å². The number of aromatic nitrogens is 2. The summed E-state index contributed by atoms with van der Waals surface area (Å²) in [5, 5.41) is 0. The molecule has 0 aliphatic carbocycles. The van der Waals surface area contributed by atoms with E-state index in [-0.39, 0.29) is 0 Å². The Morgan fingerprint density at radius 1 is 1.43 bits per heavy atom. The van der Waals surface area contributed by atoms with E-state index in [9.17, 15) is 0 Å². The summed E-state index contributed by atoms with van der Waals surface area (Å²) in [6, 6.07) is 4.25. The monoisotopic (exact) mass is 188 g/mol. The number of hydrogen-bond donors (Lipinski definition) is 0. The fraction of sp³-hybridized carbons (Fsp3) is 0.417. The van der Waals surface area contributed by atoms with Crippen LogP contribution in [0.2, 0.25) is 0 Å². The van der Waals surface area contributed by atoms with Gasteiger partial charge >= 0.3 is 0 Å². The van der Waals surface area contributed by atoms with E-state index in [1.165, 1.54) is 5.56 Å². The third-order valence-corrected chi connectivity index (χ3v) is 2.55. The van der Waals surface area contributed by atoms with E-state index in [0.717, 1.165) is 17.8 Å². The van der Waals surface area contributed by atoms with Gasteiger partial charge in [0, 0.05) is 12.4 Å². The fourth-order valence-electron chi connectivity index (χ4n) is 1.71. The highest BCUT2D eigenvalue weighted by atomic mass is 15.0. The van der Waals surface area contributed by atoms with Crippen LogP contribution in [0.3, 0.4) is 0 Å². The summed E-state index contributed by atoms with van der Waals surface area (Å²) < 4.78 is 2.12. The molecule has 0 aliphatic heterocycles. The first-order chi connectivity index (χ1) is 6.72. The van der Waals surface area contributed by atoms with Gasteiger partial charge in [0.05, 0.1) is 5.69 Å². The van der Waals surface area contributed by atoms with E-state index in [1.807, 2.05) is 0 Å². The predicted molar refractivity (Wildman–Crippen MR) is 58.7 cm³/mol. The van der Waals surface area contributed by atoms with Crippen LogP contribution in [0.25, 0.3) is 5.65 Å². The van der Waals surface area contributed by atoms with Crippen molar-refractivity contribution in [2.24, 2.45) is 0 Å². The second-order valence-electron chi connectivity index (χ2n) is 3.93. The molecule has 0 atom stereocenters. The number of fused-ring (bicyclic) bond motifs is 1. The maximum atomic E-state index is 4.62. The Bertz CT molecular complexity index is 441. The van der Waals surface area contributed by atoms with Gasteiger partial charge in [-0.3, -0.25) is 0 Å². The zero-order chi connectivity index (χ0) is 10.1. The van der Waals surface area contributed by atoms with Gasteiger partial charge < -0.3 is 4.40 Å². The van der Waals surface area contributed by atoms with Crippen molar-refractivity contribution >= 4 is 5.65 Å². The molecule has 14 heavy (non-hydrogen) atoms. The van der Waals surface area contributed by atoms with Crippen LogP contribution in [-0.2, 0) is 6.42 Å². The van der Waals surface area contributed by atoms with Crippen LogP contribution in [0, 0.1) is 0 Å². The third-order valence-electron chi connectivity index (χ3n) is 2.55. The van der Waals surface area contributed by atoms with Crippen LogP contribution in [0.5, 0.6) is 0 Å². The van der Waals surface area contributed by atoms with Crippen LogP contribution in [0.1, 0.15) is 37.9 Å². The number of pyridine rings is 1. The van der Waals surface area contributed by atoms with Crippen LogP contribution in [-0.4, -0.2) is 9.38 Å². The van der Waals surface area contributed by atoms with E-state index < -0.39 is 0 Å². The smallest absolute Gasteiger partial charge is 0.140 e. The molecule has 0 saturated heterocycles. The molecule has 2 nitrogen and oxygen atoms in total. The van der Waals surface area contributed by atoms with Crippen molar-refractivity contribution in [2.45, 2.75) is 33.1 Å². The highest BCUT2D eigenvalue weighted by Crippen LogP contribution is 2.19. The standard InChI is InChI=1S/C12H16N2/c1-4-10-8-14-7-5-6-11(9(2)3)12(14)13-10/h5-9H,4H2,1-3H3. The van der Waals surface area contributed by atoms with E-state index >= 15 is 0 Å². The lowest BCUT2D eigenvalue weighted by atomic mass is 10.1. The zero-order valence-corrected chi connectivity index (χ0v) is 8.99. The highest BCUT2D eigenvalue weighted by molar-refractivity contribution is 5.50. The van der Waals surface area contributed by atoms with Crippen molar-refractivity contribution in [3.05, 3.63) is 35.8 Å². The van der Waals surface area contributed by atoms with Gasteiger partial charge in [-0.25, -0.2) is 4.98 Å². The maximum Gasteiger partial charge on any atom is 0.140 e. The molecule has 2 rings (SSSR count). The molecule has 0 amide bonds. The van der Waals surface area contributed by atoms with Crippen molar-refractivity contribution in [1.82, 2.24) is 9.38 Å². The summed E-state index contributed by atoms with van der Waals surface area (Å²) in [7, 11) is 0. The molecule has 0 aliphatic rings. The molecular weight excluding hydrogens is 172 g/mol. The van der Waals surface area contributed by atoms with Crippen molar-refractivity contribution in [1.29, 1.82) is 0 Å². The quantitative estimate of drug-likeness (QED) is 0.708. The van der Waals surface area contributed by atoms with E-state index in [2.05, 4.69) is 54.7 Å². The molecule has 0 bridgehead atoms. The van der Waals surface area contributed by atoms with Crippen molar-refractivity contribution in [3.8, 4) is 0 Å². The average Bonchev–Trinajstić information content (AvgIpc) is 2.59. The van der Waals surface area contributed by atoms with Crippen molar-refractivity contribution in [3.63, 3.8) is 0 Å². The Morgan fingerprint density at radius 3 is 2.86 bits per heavy atom. The Hall–Kier alpha value is -1.31. The average molecular weight is 188 g/mol. The molecule has 0 radical (unpaired) electrons. The van der Waals surface area contributed by atoms with Crippen molar-refractivity contribution in [2.75, 3.05) is 0 Å². The normalized spacial score (nSPS) is 11.4. The third kappa shape index (κ3) is 1.41. The molecule has 74 valence electrons. The Balaban J connectivity index is 2.66. The van der Waals surface area contributed by atoms with Gasteiger partial charge in [0.1, 0.15) is 5.65 Å². The molecule has 0 N–H and O–H groups in total. The van der Waals surface area contributed by atoms with Gasteiger partial charge in [-0.2, -0.15) is 0 Å². The zero-order valence-electron chi connectivity index (χ0n) is 8.99. The Morgan fingerprint density at radius 2 is 2.21 bits per heavy atom. The minimum absolute atomic E-state index is 0.533. The SMILES string of the molecule is CCc1cn2cccc(C(C)C)c2n1. The lowest BCUT2D eigenvalue weighted by molar-refractivity contribution is 0.862. The molecule has 2 heteroatoms. The molecular formula is C12H16N2. The fourth-order valence-corrected chi connectivity index (χ4v) is 1.71. The summed E-state index contributed by atoms with van der Waals surface area (Å²) >= 11 is 0. The second kappa shape index (κ2) is 3.45. The topological polar surface area (TPSA) is 17.3 Å². The molecule has 2 aromatic rings. The van der Waals surface area contributed by atoms with Gasteiger partial charge in [0.25, 0.3) is 0 Å². The number of aryl methyl sites for hydroxylation is 1. The van der Waals surface area contributed by atoms with Gasteiger partial charge in [0.15, 0.2) is 0 Å².